The zero-order chi connectivity index (χ0) is 16.4. The summed E-state index contributed by atoms with van der Waals surface area (Å²) >= 11 is 5.99. The summed E-state index contributed by atoms with van der Waals surface area (Å²) in [5.74, 6) is 0.942. The van der Waals surface area contributed by atoms with Crippen LogP contribution in [0.4, 0.5) is 0 Å². The standard InChI is InChI=1S/C16H18ClN3O3/c1-10-15(16-18-11(2)19-23-16)20(6-7-22-10)14(21)9-12-4-3-5-13(17)8-12/h3-5,8,10,15H,6-7,9H2,1-2H3/t10-,15+/m1/s1. The molecule has 0 aliphatic carbocycles. The fraction of sp³-hybridized carbons (Fsp3) is 0.438. The monoisotopic (exact) mass is 335 g/mol. The maximum absolute atomic E-state index is 12.8. The number of morpholine rings is 1. The van der Waals surface area contributed by atoms with Crippen LogP contribution in [0.2, 0.25) is 5.02 Å². The summed E-state index contributed by atoms with van der Waals surface area (Å²) in [4.78, 5) is 18.8. The summed E-state index contributed by atoms with van der Waals surface area (Å²) in [7, 11) is 0. The Kier molecular flexibility index (Phi) is 4.63. The van der Waals surface area contributed by atoms with Crippen LogP contribution in [-0.4, -0.2) is 40.2 Å². The van der Waals surface area contributed by atoms with E-state index in [9.17, 15) is 4.79 Å². The highest BCUT2D eigenvalue weighted by molar-refractivity contribution is 6.30. The molecule has 1 aliphatic rings. The lowest BCUT2D eigenvalue weighted by Gasteiger charge is -2.37. The highest BCUT2D eigenvalue weighted by Gasteiger charge is 2.37. The van der Waals surface area contributed by atoms with Gasteiger partial charge in [0.25, 0.3) is 5.89 Å². The third kappa shape index (κ3) is 3.54. The SMILES string of the molecule is Cc1noc([C@@H]2[C@@H](C)OCCN2C(=O)Cc2cccc(Cl)c2)n1. The normalized spacial score (nSPS) is 21.4. The number of carbonyl (C=O) groups is 1. The largest absolute Gasteiger partial charge is 0.374 e. The first kappa shape index (κ1) is 16.0. The van der Waals surface area contributed by atoms with Crippen LogP contribution in [0, 0.1) is 6.92 Å². The highest BCUT2D eigenvalue weighted by atomic mass is 35.5. The van der Waals surface area contributed by atoms with Crippen molar-refractivity contribution in [1.29, 1.82) is 0 Å². The molecule has 0 radical (unpaired) electrons. The number of aromatic nitrogens is 2. The van der Waals surface area contributed by atoms with Gasteiger partial charge in [-0.1, -0.05) is 28.9 Å². The fourth-order valence-corrected chi connectivity index (χ4v) is 3.00. The molecule has 0 saturated carbocycles. The molecular weight excluding hydrogens is 318 g/mol. The van der Waals surface area contributed by atoms with Crippen molar-refractivity contribution in [1.82, 2.24) is 15.0 Å². The van der Waals surface area contributed by atoms with Gasteiger partial charge in [0, 0.05) is 11.6 Å². The average molecular weight is 336 g/mol. The fourth-order valence-electron chi connectivity index (χ4n) is 2.79. The molecule has 6 nitrogen and oxygen atoms in total. The van der Waals surface area contributed by atoms with E-state index in [1.165, 1.54) is 0 Å². The average Bonchev–Trinajstić information content (AvgIpc) is 2.93. The van der Waals surface area contributed by atoms with Crippen LogP contribution in [0.25, 0.3) is 0 Å². The van der Waals surface area contributed by atoms with Crippen molar-refractivity contribution in [3.63, 3.8) is 0 Å². The number of rotatable bonds is 3. The number of benzene rings is 1. The van der Waals surface area contributed by atoms with Crippen LogP contribution in [0.3, 0.4) is 0 Å². The van der Waals surface area contributed by atoms with Crippen LogP contribution in [0.15, 0.2) is 28.8 Å². The topological polar surface area (TPSA) is 68.5 Å². The van der Waals surface area contributed by atoms with Gasteiger partial charge in [-0.15, -0.1) is 0 Å². The number of hydrogen-bond acceptors (Lipinski definition) is 5. The Morgan fingerprint density at radius 3 is 3.00 bits per heavy atom. The van der Waals surface area contributed by atoms with Gasteiger partial charge in [0.2, 0.25) is 5.91 Å². The van der Waals surface area contributed by atoms with E-state index >= 15 is 0 Å². The van der Waals surface area contributed by atoms with Gasteiger partial charge in [0.1, 0.15) is 6.04 Å². The first-order valence-corrected chi connectivity index (χ1v) is 7.88. The van der Waals surface area contributed by atoms with Gasteiger partial charge in [-0.05, 0) is 31.5 Å². The third-order valence-corrected chi connectivity index (χ3v) is 4.09. The van der Waals surface area contributed by atoms with Gasteiger partial charge >= 0.3 is 0 Å². The first-order valence-electron chi connectivity index (χ1n) is 7.50. The second-order valence-corrected chi connectivity index (χ2v) is 6.03. The minimum atomic E-state index is -0.364. The molecule has 2 aromatic rings. The summed E-state index contributed by atoms with van der Waals surface area (Å²) in [5, 5.41) is 4.44. The van der Waals surface area contributed by atoms with Gasteiger partial charge in [-0.3, -0.25) is 4.79 Å². The molecule has 1 saturated heterocycles. The number of amides is 1. The lowest BCUT2D eigenvalue weighted by molar-refractivity contribution is -0.146. The first-order chi connectivity index (χ1) is 11.0. The zero-order valence-corrected chi connectivity index (χ0v) is 13.8. The zero-order valence-electron chi connectivity index (χ0n) is 13.0. The molecule has 1 amide bonds. The van der Waals surface area contributed by atoms with E-state index in [1.54, 1.807) is 24.0 Å². The predicted molar refractivity (Wildman–Crippen MR) is 84.1 cm³/mol. The molecule has 122 valence electrons. The second kappa shape index (κ2) is 6.68. The molecule has 1 aromatic heterocycles. The van der Waals surface area contributed by atoms with E-state index in [0.717, 1.165) is 5.56 Å². The van der Waals surface area contributed by atoms with Crippen molar-refractivity contribution < 1.29 is 14.1 Å². The van der Waals surface area contributed by atoms with Crippen molar-refractivity contribution in [2.24, 2.45) is 0 Å². The molecule has 1 aliphatic heterocycles. The second-order valence-electron chi connectivity index (χ2n) is 5.59. The molecule has 2 atom stereocenters. The molecule has 2 heterocycles. The molecule has 0 N–H and O–H groups in total. The van der Waals surface area contributed by atoms with E-state index in [4.69, 9.17) is 20.9 Å². The van der Waals surface area contributed by atoms with Gasteiger partial charge in [-0.2, -0.15) is 4.98 Å². The summed E-state index contributed by atoms with van der Waals surface area (Å²) in [6.07, 6.45) is 0.0728. The molecule has 23 heavy (non-hydrogen) atoms. The smallest absolute Gasteiger partial charge is 0.252 e. The van der Waals surface area contributed by atoms with E-state index in [0.29, 0.717) is 29.9 Å². The van der Waals surface area contributed by atoms with E-state index < -0.39 is 0 Å². The molecule has 1 fully saturated rings. The molecule has 0 spiro atoms. The molecule has 0 bridgehead atoms. The van der Waals surface area contributed by atoms with Crippen LogP contribution in [0.5, 0.6) is 0 Å². The molecule has 0 unspecified atom stereocenters. The predicted octanol–water partition coefficient (Wildman–Crippen LogP) is 2.56. The highest BCUT2D eigenvalue weighted by Crippen LogP contribution is 2.29. The van der Waals surface area contributed by atoms with Gasteiger partial charge < -0.3 is 14.2 Å². The van der Waals surface area contributed by atoms with Gasteiger partial charge in [0.05, 0.1) is 19.1 Å². The summed E-state index contributed by atoms with van der Waals surface area (Å²) < 4.78 is 10.9. The lowest BCUT2D eigenvalue weighted by atomic mass is 10.1. The Morgan fingerprint density at radius 2 is 2.30 bits per heavy atom. The van der Waals surface area contributed by atoms with Crippen LogP contribution >= 0.6 is 11.6 Å². The minimum Gasteiger partial charge on any atom is -0.374 e. The summed E-state index contributed by atoms with van der Waals surface area (Å²) in [6.45, 7) is 4.64. The Morgan fingerprint density at radius 1 is 1.48 bits per heavy atom. The maximum Gasteiger partial charge on any atom is 0.252 e. The number of carbonyl (C=O) groups excluding carboxylic acids is 1. The van der Waals surface area contributed by atoms with Crippen molar-refractivity contribution in [2.45, 2.75) is 32.4 Å². The Labute approximate surface area is 139 Å². The van der Waals surface area contributed by atoms with Crippen molar-refractivity contribution in [3.05, 3.63) is 46.6 Å². The van der Waals surface area contributed by atoms with E-state index in [2.05, 4.69) is 10.1 Å². The van der Waals surface area contributed by atoms with Gasteiger partial charge in [-0.25, -0.2) is 0 Å². The number of ether oxygens (including phenoxy) is 1. The van der Waals surface area contributed by atoms with Crippen molar-refractivity contribution in [3.8, 4) is 0 Å². The van der Waals surface area contributed by atoms with Crippen LogP contribution < -0.4 is 0 Å². The molecule has 1 aromatic carbocycles. The van der Waals surface area contributed by atoms with Gasteiger partial charge in [0.15, 0.2) is 5.82 Å². The third-order valence-electron chi connectivity index (χ3n) is 3.85. The quantitative estimate of drug-likeness (QED) is 0.862. The van der Waals surface area contributed by atoms with Crippen molar-refractivity contribution in [2.75, 3.05) is 13.2 Å². The number of hydrogen-bond donors (Lipinski definition) is 0. The summed E-state index contributed by atoms with van der Waals surface area (Å²) in [6, 6.07) is 6.95. The number of aryl methyl sites for hydroxylation is 1. The molecular formula is C16H18ClN3O3. The maximum atomic E-state index is 12.8. The lowest BCUT2D eigenvalue weighted by Crippen LogP contribution is -2.47. The number of halogens is 1. The van der Waals surface area contributed by atoms with E-state index in [1.807, 2.05) is 19.1 Å². The van der Waals surface area contributed by atoms with Crippen molar-refractivity contribution >= 4 is 17.5 Å². The Balaban J connectivity index is 1.81. The number of nitrogens with zero attached hydrogens (tertiary/aromatic N) is 3. The Hall–Kier alpha value is -1.92. The molecule has 3 rings (SSSR count). The van der Waals surface area contributed by atoms with E-state index in [-0.39, 0.29) is 24.5 Å². The molecule has 7 heteroatoms. The summed E-state index contributed by atoms with van der Waals surface area (Å²) in [5.41, 5.74) is 0.877. The van der Waals surface area contributed by atoms with Crippen LogP contribution in [-0.2, 0) is 16.0 Å². The Bertz CT molecular complexity index is 703. The minimum absolute atomic E-state index is 0.0109. The van der Waals surface area contributed by atoms with Crippen LogP contribution in [0.1, 0.15) is 30.2 Å².